The number of benzene rings is 1. The molecule has 2 aromatic rings. The second-order valence-electron chi connectivity index (χ2n) is 3.72. The smallest absolute Gasteiger partial charge is 0.343 e. The van der Waals surface area contributed by atoms with Crippen LogP contribution in [0.3, 0.4) is 0 Å². The second-order valence-corrected chi connectivity index (χ2v) is 4.44. The van der Waals surface area contributed by atoms with E-state index in [0.29, 0.717) is 17.1 Å². The molecule has 0 aliphatic heterocycles. The average molecular weight is 292 g/mol. The molecule has 0 saturated heterocycles. The summed E-state index contributed by atoms with van der Waals surface area (Å²) in [6, 6.07) is 6.66. The van der Waals surface area contributed by atoms with E-state index >= 15 is 0 Å². The SMILES string of the molecule is COC(=O)COc1ccc(NC(=O)c2cscn2)cc1. The predicted molar refractivity (Wildman–Crippen MR) is 74.0 cm³/mol. The standard InChI is InChI=1S/C13H12N2O4S/c1-18-12(16)6-19-10-4-2-9(3-5-10)15-13(17)11-7-20-8-14-11/h2-5,7-8H,6H2,1H3,(H,15,17). The van der Waals surface area contributed by atoms with E-state index in [9.17, 15) is 9.59 Å². The van der Waals surface area contributed by atoms with Crippen LogP contribution in [0.5, 0.6) is 5.75 Å². The summed E-state index contributed by atoms with van der Waals surface area (Å²) in [6.07, 6.45) is 0. The van der Waals surface area contributed by atoms with E-state index in [1.165, 1.54) is 18.4 Å². The van der Waals surface area contributed by atoms with Crippen molar-refractivity contribution >= 4 is 28.9 Å². The van der Waals surface area contributed by atoms with Gasteiger partial charge in [0.1, 0.15) is 11.4 Å². The lowest BCUT2D eigenvalue weighted by Crippen LogP contribution is -2.13. The fourth-order valence-corrected chi connectivity index (χ4v) is 1.89. The molecule has 0 fully saturated rings. The molecule has 1 aromatic heterocycles. The lowest BCUT2D eigenvalue weighted by molar-refractivity contribution is -0.142. The number of thiazole rings is 1. The largest absolute Gasteiger partial charge is 0.482 e. The lowest BCUT2D eigenvalue weighted by Gasteiger charge is -2.06. The van der Waals surface area contributed by atoms with Gasteiger partial charge in [-0.2, -0.15) is 0 Å². The van der Waals surface area contributed by atoms with Crippen molar-refractivity contribution in [2.45, 2.75) is 0 Å². The summed E-state index contributed by atoms with van der Waals surface area (Å²) in [4.78, 5) is 26.6. The van der Waals surface area contributed by atoms with Crippen LogP contribution in [0.15, 0.2) is 35.2 Å². The number of nitrogens with one attached hydrogen (secondary N) is 1. The van der Waals surface area contributed by atoms with Crippen LogP contribution < -0.4 is 10.1 Å². The Hall–Kier alpha value is -2.41. The molecule has 1 heterocycles. The number of hydrogen-bond donors (Lipinski definition) is 1. The summed E-state index contributed by atoms with van der Waals surface area (Å²) < 4.78 is 9.66. The van der Waals surface area contributed by atoms with E-state index in [-0.39, 0.29) is 12.5 Å². The molecule has 0 unspecified atom stereocenters. The van der Waals surface area contributed by atoms with Crippen LogP contribution in [0, 0.1) is 0 Å². The molecule has 0 spiro atoms. The van der Waals surface area contributed by atoms with E-state index < -0.39 is 5.97 Å². The number of aromatic nitrogens is 1. The quantitative estimate of drug-likeness (QED) is 0.852. The Morgan fingerprint density at radius 1 is 1.30 bits per heavy atom. The topological polar surface area (TPSA) is 77.5 Å². The predicted octanol–water partition coefficient (Wildman–Crippen LogP) is 1.95. The van der Waals surface area contributed by atoms with Crippen molar-refractivity contribution in [1.29, 1.82) is 0 Å². The van der Waals surface area contributed by atoms with Crippen molar-refractivity contribution in [3.05, 3.63) is 40.8 Å². The van der Waals surface area contributed by atoms with E-state index in [0.717, 1.165) is 0 Å². The lowest BCUT2D eigenvalue weighted by atomic mass is 10.3. The summed E-state index contributed by atoms with van der Waals surface area (Å²) >= 11 is 1.36. The molecule has 2 rings (SSSR count). The van der Waals surface area contributed by atoms with Crippen molar-refractivity contribution in [2.75, 3.05) is 19.0 Å². The maximum absolute atomic E-state index is 11.8. The van der Waals surface area contributed by atoms with Gasteiger partial charge < -0.3 is 14.8 Å². The van der Waals surface area contributed by atoms with Crippen molar-refractivity contribution in [1.82, 2.24) is 4.98 Å². The zero-order valence-corrected chi connectivity index (χ0v) is 11.5. The Balaban J connectivity index is 1.91. The van der Waals surface area contributed by atoms with Crippen molar-refractivity contribution in [2.24, 2.45) is 0 Å². The number of anilines is 1. The van der Waals surface area contributed by atoms with Crippen LogP contribution in [0.2, 0.25) is 0 Å². The van der Waals surface area contributed by atoms with Gasteiger partial charge in [-0.15, -0.1) is 11.3 Å². The molecule has 1 amide bonds. The van der Waals surface area contributed by atoms with E-state index in [4.69, 9.17) is 4.74 Å². The monoisotopic (exact) mass is 292 g/mol. The minimum atomic E-state index is -0.453. The summed E-state index contributed by atoms with van der Waals surface area (Å²) in [5, 5.41) is 4.38. The fraction of sp³-hybridized carbons (Fsp3) is 0.154. The molecule has 0 saturated carbocycles. The first kappa shape index (κ1) is 14.0. The maximum Gasteiger partial charge on any atom is 0.343 e. The Morgan fingerprint density at radius 3 is 2.65 bits per heavy atom. The average Bonchev–Trinajstić information content (AvgIpc) is 3.00. The highest BCUT2D eigenvalue weighted by Gasteiger charge is 2.08. The minimum absolute atomic E-state index is 0.152. The number of carbonyl (C=O) groups excluding carboxylic acids is 2. The van der Waals surface area contributed by atoms with Crippen LogP contribution in [-0.2, 0) is 9.53 Å². The zero-order chi connectivity index (χ0) is 14.4. The summed E-state index contributed by atoms with van der Waals surface area (Å²) in [6.45, 7) is -0.152. The molecule has 0 atom stereocenters. The maximum atomic E-state index is 11.8. The van der Waals surface area contributed by atoms with Crippen LogP contribution in [0.1, 0.15) is 10.5 Å². The third-order valence-corrected chi connectivity index (χ3v) is 2.95. The number of amides is 1. The normalized spacial score (nSPS) is 9.85. The fourth-order valence-electron chi connectivity index (χ4n) is 1.36. The number of hydrogen-bond acceptors (Lipinski definition) is 6. The van der Waals surface area contributed by atoms with Crippen LogP contribution in [0.25, 0.3) is 0 Å². The first-order valence-electron chi connectivity index (χ1n) is 5.68. The van der Waals surface area contributed by atoms with Crippen molar-refractivity contribution in [3.63, 3.8) is 0 Å². The van der Waals surface area contributed by atoms with Crippen molar-refractivity contribution in [3.8, 4) is 5.75 Å². The second kappa shape index (κ2) is 6.67. The van der Waals surface area contributed by atoms with Gasteiger partial charge in [-0.25, -0.2) is 9.78 Å². The number of ether oxygens (including phenoxy) is 2. The zero-order valence-electron chi connectivity index (χ0n) is 10.7. The minimum Gasteiger partial charge on any atom is -0.482 e. The Labute approximate surface area is 119 Å². The van der Waals surface area contributed by atoms with E-state index in [1.807, 2.05) is 0 Å². The highest BCUT2D eigenvalue weighted by Crippen LogP contribution is 2.16. The van der Waals surface area contributed by atoms with Gasteiger partial charge in [0.2, 0.25) is 0 Å². The molecular formula is C13H12N2O4S. The van der Waals surface area contributed by atoms with E-state index in [2.05, 4.69) is 15.0 Å². The van der Waals surface area contributed by atoms with Crippen LogP contribution >= 0.6 is 11.3 Å². The van der Waals surface area contributed by atoms with Gasteiger partial charge in [0, 0.05) is 11.1 Å². The van der Waals surface area contributed by atoms with Gasteiger partial charge in [0.05, 0.1) is 12.6 Å². The van der Waals surface area contributed by atoms with E-state index in [1.54, 1.807) is 35.2 Å². The molecular weight excluding hydrogens is 280 g/mol. The number of nitrogens with zero attached hydrogens (tertiary/aromatic N) is 1. The molecule has 0 bridgehead atoms. The highest BCUT2D eigenvalue weighted by atomic mass is 32.1. The first-order chi connectivity index (χ1) is 9.69. The first-order valence-corrected chi connectivity index (χ1v) is 6.62. The Kier molecular flexibility index (Phi) is 4.67. The number of methoxy groups -OCH3 is 1. The summed E-state index contributed by atoms with van der Waals surface area (Å²) in [5.41, 5.74) is 2.59. The Morgan fingerprint density at radius 2 is 2.05 bits per heavy atom. The molecule has 7 heteroatoms. The van der Waals surface area contributed by atoms with Crippen molar-refractivity contribution < 1.29 is 19.1 Å². The molecule has 1 N–H and O–H groups in total. The summed E-state index contributed by atoms with van der Waals surface area (Å²) in [5.74, 6) is -0.206. The summed E-state index contributed by atoms with van der Waals surface area (Å²) in [7, 11) is 1.29. The van der Waals surface area contributed by atoms with Gasteiger partial charge in [-0.3, -0.25) is 4.79 Å². The number of carbonyl (C=O) groups is 2. The van der Waals surface area contributed by atoms with Gasteiger partial charge in [-0.1, -0.05) is 0 Å². The molecule has 0 radical (unpaired) electrons. The molecule has 20 heavy (non-hydrogen) atoms. The number of esters is 1. The van der Waals surface area contributed by atoms with Crippen LogP contribution in [-0.4, -0.2) is 30.6 Å². The van der Waals surface area contributed by atoms with Gasteiger partial charge in [-0.05, 0) is 24.3 Å². The van der Waals surface area contributed by atoms with Gasteiger partial charge in [0.15, 0.2) is 6.61 Å². The molecule has 1 aromatic carbocycles. The third kappa shape index (κ3) is 3.79. The molecule has 0 aliphatic rings. The number of rotatable bonds is 5. The Bertz CT molecular complexity index is 581. The van der Waals surface area contributed by atoms with Crippen LogP contribution in [0.4, 0.5) is 5.69 Å². The molecule has 6 nitrogen and oxygen atoms in total. The highest BCUT2D eigenvalue weighted by molar-refractivity contribution is 7.07. The van der Waals surface area contributed by atoms with Gasteiger partial charge >= 0.3 is 5.97 Å². The molecule has 0 aliphatic carbocycles. The van der Waals surface area contributed by atoms with Gasteiger partial charge in [0.25, 0.3) is 5.91 Å². The molecule has 104 valence electrons. The third-order valence-electron chi connectivity index (χ3n) is 2.36.